The Hall–Kier alpha value is -2.21. The number of halogens is 1. The summed E-state index contributed by atoms with van der Waals surface area (Å²) in [6, 6.07) is 6.95. The van der Waals surface area contributed by atoms with Crippen molar-refractivity contribution in [3.05, 3.63) is 57.5 Å². The Morgan fingerprint density at radius 1 is 1.33 bits per heavy atom. The number of aryl methyl sites for hydroxylation is 1. The minimum atomic E-state index is -1.01. The van der Waals surface area contributed by atoms with Gasteiger partial charge in [-0.15, -0.1) is 11.3 Å². The molecule has 0 saturated heterocycles. The lowest BCUT2D eigenvalue weighted by molar-refractivity contribution is -0.137. The van der Waals surface area contributed by atoms with E-state index in [1.165, 1.54) is 34.7 Å². The van der Waals surface area contributed by atoms with Crippen LogP contribution in [0.5, 0.6) is 0 Å². The van der Waals surface area contributed by atoms with Crippen LogP contribution in [0.1, 0.15) is 40.8 Å². The first kappa shape index (κ1) is 16.6. The van der Waals surface area contributed by atoms with Gasteiger partial charge in [-0.3, -0.25) is 9.59 Å². The van der Waals surface area contributed by atoms with E-state index in [1.807, 2.05) is 18.4 Å². The summed E-state index contributed by atoms with van der Waals surface area (Å²) in [4.78, 5) is 24.8. The molecule has 1 aliphatic rings. The number of carbonyl (C=O) groups excluding carboxylic acids is 1. The number of hydrogen-bond acceptors (Lipinski definition) is 3. The standard InChI is InChI=1S/C18H18FNO3S/c1-10-6-7-24-17(10)13-8-14(13)18(23)20-15(9-16(21)22)11-2-4-12(19)5-3-11/h2-7,13-15H,8-9H2,1H3,(H,20,23)(H,21,22). The largest absolute Gasteiger partial charge is 0.481 e. The number of carbonyl (C=O) groups is 2. The minimum Gasteiger partial charge on any atom is -0.481 e. The second-order valence-electron chi connectivity index (χ2n) is 6.13. The van der Waals surface area contributed by atoms with Crippen molar-refractivity contribution in [2.75, 3.05) is 0 Å². The van der Waals surface area contributed by atoms with Crippen LogP contribution in [0, 0.1) is 18.7 Å². The molecule has 2 N–H and O–H groups in total. The molecule has 24 heavy (non-hydrogen) atoms. The number of amides is 1. The SMILES string of the molecule is Cc1ccsc1C1CC1C(=O)NC(CC(=O)O)c1ccc(F)cc1. The highest BCUT2D eigenvalue weighted by Crippen LogP contribution is 2.50. The molecule has 0 bridgehead atoms. The molecule has 0 aliphatic heterocycles. The van der Waals surface area contributed by atoms with Crippen LogP contribution in [0.15, 0.2) is 35.7 Å². The van der Waals surface area contributed by atoms with E-state index >= 15 is 0 Å². The highest BCUT2D eigenvalue weighted by atomic mass is 32.1. The molecule has 3 rings (SSSR count). The fourth-order valence-corrected chi connectivity index (χ4v) is 4.05. The summed E-state index contributed by atoms with van der Waals surface area (Å²) in [6.07, 6.45) is 0.559. The lowest BCUT2D eigenvalue weighted by atomic mass is 10.0. The normalized spacial score (nSPS) is 20.4. The van der Waals surface area contributed by atoms with Crippen molar-refractivity contribution in [3.8, 4) is 0 Å². The van der Waals surface area contributed by atoms with Crippen LogP contribution in [-0.2, 0) is 9.59 Å². The van der Waals surface area contributed by atoms with E-state index in [9.17, 15) is 14.0 Å². The molecule has 3 unspecified atom stereocenters. The zero-order chi connectivity index (χ0) is 17.3. The third-order valence-electron chi connectivity index (χ3n) is 4.33. The summed E-state index contributed by atoms with van der Waals surface area (Å²) in [5, 5.41) is 13.9. The summed E-state index contributed by atoms with van der Waals surface area (Å²) < 4.78 is 13.1. The number of thiophene rings is 1. The summed E-state index contributed by atoms with van der Waals surface area (Å²) in [6.45, 7) is 2.03. The van der Waals surface area contributed by atoms with Gasteiger partial charge in [0.15, 0.2) is 0 Å². The Kier molecular flexibility index (Phi) is 4.66. The molecular weight excluding hydrogens is 329 g/mol. The van der Waals surface area contributed by atoms with Gasteiger partial charge in [-0.05, 0) is 48.1 Å². The van der Waals surface area contributed by atoms with Gasteiger partial charge in [-0.1, -0.05) is 12.1 Å². The second-order valence-corrected chi connectivity index (χ2v) is 7.07. The average molecular weight is 347 g/mol. The first-order valence-electron chi connectivity index (χ1n) is 7.77. The predicted octanol–water partition coefficient (Wildman–Crippen LogP) is 3.63. The third kappa shape index (κ3) is 3.64. The molecule has 0 radical (unpaired) electrons. The van der Waals surface area contributed by atoms with Crippen LogP contribution >= 0.6 is 11.3 Å². The number of hydrogen-bond donors (Lipinski definition) is 2. The zero-order valence-electron chi connectivity index (χ0n) is 13.2. The van der Waals surface area contributed by atoms with Gasteiger partial charge in [0, 0.05) is 16.7 Å². The average Bonchev–Trinajstić information content (AvgIpc) is 3.21. The molecule has 3 atom stereocenters. The quantitative estimate of drug-likeness (QED) is 0.838. The monoisotopic (exact) mass is 347 g/mol. The van der Waals surface area contributed by atoms with Gasteiger partial charge in [-0.25, -0.2) is 4.39 Å². The number of nitrogens with one attached hydrogen (secondary N) is 1. The molecule has 1 aromatic heterocycles. The lowest BCUT2D eigenvalue weighted by Gasteiger charge is -2.17. The van der Waals surface area contributed by atoms with E-state index in [0.717, 1.165) is 6.42 Å². The van der Waals surface area contributed by atoms with Crippen molar-refractivity contribution in [3.63, 3.8) is 0 Å². The van der Waals surface area contributed by atoms with Gasteiger partial charge in [-0.2, -0.15) is 0 Å². The maximum atomic E-state index is 13.1. The molecule has 2 aromatic rings. The van der Waals surface area contributed by atoms with E-state index < -0.39 is 17.8 Å². The molecule has 1 amide bonds. The first-order valence-corrected chi connectivity index (χ1v) is 8.65. The number of aliphatic carboxylic acids is 1. The molecule has 1 saturated carbocycles. The first-order chi connectivity index (χ1) is 11.5. The van der Waals surface area contributed by atoms with E-state index in [2.05, 4.69) is 5.32 Å². The van der Waals surface area contributed by atoms with Gasteiger partial charge in [0.1, 0.15) is 5.82 Å². The Balaban J connectivity index is 1.69. The number of carboxylic acids is 1. The summed E-state index contributed by atoms with van der Waals surface area (Å²) in [5.74, 6) is -1.42. The lowest BCUT2D eigenvalue weighted by Crippen LogP contribution is -2.31. The molecular formula is C18H18FNO3S. The Bertz CT molecular complexity index is 756. The molecule has 126 valence electrons. The van der Waals surface area contributed by atoms with Gasteiger partial charge in [0.2, 0.25) is 5.91 Å². The molecule has 1 fully saturated rings. The number of carboxylic acid groups (broad SMARTS) is 1. The Morgan fingerprint density at radius 3 is 2.62 bits per heavy atom. The van der Waals surface area contributed by atoms with Crippen molar-refractivity contribution in [2.24, 2.45) is 5.92 Å². The van der Waals surface area contributed by atoms with E-state index in [4.69, 9.17) is 5.11 Å². The summed E-state index contributed by atoms with van der Waals surface area (Å²) in [5.41, 5.74) is 1.79. The van der Waals surface area contributed by atoms with Crippen molar-refractivity contribution < 1.29 is 19.1 Å². The molecule has 1 heterocycles. The molecule has 1 aliphatic carbocycles. The number of benzene rings is 1. The van der Waals surface area contributed by atoms with Crippen molar-refractivity contribution in [1.82, 2.24) is 5.32 Å². The van der Waals surface area contributed by atoms with Crippen LogP contribution in [0.4, 0.5) is 4.39 Å². The Morgan fingerprint density at radius 2 is 2.04 bits per heavy atom. The van der Waals surface area contributed by atoms with Crippen LogP contribution in [0.3, 0.4) is 0 Å². The van der Waals surface area contributed by atoms with Crippen molar-refractivity contribution in [1.29, 1.82) is 0 Å². The third-order valence-corrected chi connectivity index (χ3v) is 5.48. The fraction of sp³-hybridized carbons (Fsp3) is 0.333. The van der Waals surface area contributed by atoms with Gasteiger partial charge in [0.25, 0.3) is 0 Å². The predicted molar refractivity (Wildman–Crippen MR) is 89.4 cm³/mol. The van der Waals surface area contributed by atoms with Gasteiger partial charge in [0.05, 0.1) is 12.5 Å². The zero-order valence-corrected chi connectivity index (χ0v) is 14.0. The molecule has 1 aromatic carbocycles. The van der Waals surface area contributed by atoms with E-state index in [-0.39, 0.29) is 24.2 Å². The van der Waals surface area contributed by atoms with E-state index in [0.29, 0.717) is 5.56 Å². The van der Waals surface area contributed by atoms with Crippen LogP contribution in [-0.4, -0.2) is 17.0 Å². The van der Waals surface area contributed by atoms with E-state index in [1.54, 1.807) is 11.3 Å². The number of rotatable bonds is 6. The minimum absolute atomic E-state index is 0.112. The van der Waals surface area contributed by atoms with Gasteiger partial charge >= 0.3 is 5.97 Å². The fourth-order valence-electron chi connectivity index (χ4n) is 2.94. The van der Waals surface area contributed by atoms with Crippen LogP contribution in [0.2, 0.25) is 0 Å². The summed E-state index contributed by atoms with van der Waals surface area (Å²) >= 11 is 1.65. The molecule has 6 heteroatoms. The maximum Gasteiger partial charge on any atom is 0.305 e. The van der Waals surface area contributed by atoms with Crippen molar-refractivity contribution in [2.45, 2.75) is 31.7 Å². The molecule has 0 spiro atoms. The Labute approximate surface area is 143 Å². The van der Waals surface area contributed by atoms with Crippen LogP contribution < -0.4 is 5.32 Å². The smallest absolute Gasteiger partial charge is 0.305 e. The second kappa shape index (κ2) is 6.73. The topological polar surface area (TPSA) is 66.4 Å². The summed E-state index contributed by atoms with van der Waals surface area (Å²) in [7, 11) is 0. The molecule has 4 nitrogen and oxygen atoms in total. The van der Waals surface area contributed by atoms with Crippen molar-refractivity contribution >= 4 is 23.2 Å². The van der Waals surface area contributed by atoms with Gasteiger partial charge < -0.3 is 10.4 Å². The van der Waals surface area contributed by atoms with Crippen LogP contribution in [0.25, 0.3) is 0 Å². The highest BCUT2D eigenvalue weighted by Gasteiger charge is 2.45. The maximum absolute atomic E-state index is 13.1. The highest BCUT2D eigenvalue weighted by molar-refractivity contribution is 7.10.